The van der Waals surface area contributed by atoms with Gasteiger partial charge in [-0.15, -0.1) is 0 Å². The second-order valence-corrected chi connectivity index (χ2v) is 8.70. The number of carbonyl (C=O) groups is 3. The minimum absolute atomic E-state index is 0.0107. The lowest BCUT2D eigenvalue weighted by Gasteiger charge is -2.15. The minimum atomic E-state index is -1.15. The van der Waals surface area contributed by atoms with Gasteiger partial charge in [-0.3, -0.25) is 4.79 Å². The van der Waals surface area contributed by atoms with Gasteiger partial charge in [-0.25, -0.2) is 9.59 Å². The van der Waals surface area contributed by atoms with Crippen LogP contribution in [0.4, 0.5) is 4.79 Å². The van der Waals surface area contributed by atoms with E-state index in [1.54, 1.807) is 0 Å². The predicted octanol–water partition coefficient (Wildman–Crippen LogP) is 4.55. The van der Waals surface area contributed by atoms with E-state index in [4.69, 9.17) is 14.3 Å². The molecule has 3 aromatic rings. The Labute approximate surface area is 203 Å². The van der Waals surface area contributed by atoms with Gasteiger partial charge in [0.1, 0.15) is 12.4 Å². The highest BCUT2D eigenvalue weighted by Crippen LogP contribution is 2.44. The number of hydrogen-bond donors (Lipinski definition) is 3. The molecule has 2 amide bonds. The summed E-state index contributed by atoms with van der Waals surface area (Å²) in [5.41, 5.74) is 4.68. The number of amides is 2. The molecule has 2 aromatic carbocycles. The van der Waals surface area contributed by atoms with E-state index in [2.05, 4.69) is 34.9 Å². The molecular weight excluding hydrogens is 448 g/mol. The number of nitrogens with one attached hydrogen (secondary N) is 2. The van der Waals surface area contributed by atoms with Crippen LogP contribution in [0.25, 0.3) is 11.1 Å². The Morgan fingerprint density at radius 2 is 1.63 bits per heavy atom. The zero-order valence-electron chi connectivity index (χ0n) is 19.5. The van der Waals surface area contributed by atoms with Crippen LogP contribution in [0.1, 0.15) is 53.1 Å². The van der Waals surface area contributed by atoms with Gasteiger partial charge in [0.25, 0.3) is 0 Å². The monoisotopic (exact) mass is 476 g/mol. The third-order valence-electron chi connectivity index (χ3n) is 6.12. The Hall–Kier alpha value is -4.07. The summed E-state index contributed by atoms with van der Waals surface area (Å²) < 4.78 is 10.6. The summed E-state index contributed by atoms with van der Waals surface area (Å²) in [5.74, 6) is -1.07. The number of carboxylic acids is 1. The first-order chi connectivity index (χ1) is 16.9. The van der Waals surface area contributed by atoms with Crippen molar-refractivity contribution in [3.05, 3.63) is 83.3 Å². The van der Waals surface area contributed by atoms with Crippen LogP contribution in [-0.4, -0.2) is 36.2 Å². The van der Waals surface area contributed by atoms with Gasteiger partial charge in [0, 0.05) is 18.9 Å². The van der Waals surface area contributed by atoms with E-state index in [1.165, 1.54) is 23.3 Å². The van der Waals surface area contributed by atoms with Crippen molar-refractivity contribution in [2.75, 3.05) is 13.2 Å². The fourth-order valence-electron chi connectivity index (χ4n) is 4.33. The molecule has 0 saturated carbocycles. The molecule has 4 rings (SSSR count). The largest absolute Gasteiger partial charge is 0.475 e. The number of carbonyl (C=O) groups excluding carboxylic acids is 2. The van der Waals surface area contributed by atoms with Crippen LogP contribution in [0, 0.1) is 5.92 Å². The lowest BCUT2D eigenvalue weighted by Crippen LogP contribution is -2.29. The Balaban J connectivity index is 1.16. The van der Waals surface area contributed by atoms with Gasteiger partial charge in [0.15, 0.2) is 0 Å². The van der Waals surface area contributed by atoms with Crippen LogP contribution in [0.5, 0.6) is 0 Å². The van der Waals surface area contributed by atoms with E-state index in [-0.39, 0.29) is 43.1 Å². The summed E-state index contributed by atoms with van der Waals surface area (Å²) in [4.78, 5) is 35.2. The zero-order valence-corrected chi connectivity index (χ0v) is 19.5. The van der Waals surface area contributed by atoms with Crippen molar-refractivity contribution in [1.29, 1.82) is 0 Å². The molecule has 3 N–H and O–H groups in total. The average molecular weight is 477 g/mol. The molecule has 0 saturated heterocycles. The molecule has 182 valence electrons. The second kappa shape index (κ2) is 10.9. The maximum atomic E-state index is 12.3. The summed E-state index contributed by atoms with van der Waals surface area (Å²) in [6.45, 7) is 2.70. The first-order valence-corrected chi connectivity index (χ1v) is 11.6. The second-order valence-electron chi connectivity index (χ2n) is 8.70. The Kier molecular flexibility index (Phi) is 7.50. The lowest BCUT2D eigenvalue weighted by atomic mass is 9.98. The molecule has 0 bridgehead atoms. The number of fused-ring (bicyclic) bond motifs is 3. The summed E-state index contributed by atoms with van der Waals surface area (Å²) in [6.07, 6.45) is 0.413. The molecule has 35 heavy (non-hydrogen) atoms. The van der Waals surface area contributed by atoms with Crippen molar-refractivity contribution in [1.82, 2.24) is 10.6 Å². The number of furan rings is 1. The third-order valence-corrected chi connectivity index (χ3v) is 6.12. The summed E-state index contributed by atoms with van der Waals surface area (Å²) >= 11 is 0. The van der Waals surface area contributed by atoms with Crippen LogP contribution in [-0.2, 0) is 16.1 Å². The van der Waals surface area contributed by atoms with Crippen molar-refractivity contribution >= 4 is 18.0 Å². The topological polar surface area (TPSA) is 118 Å². The molecule has 1 aliphatic carbocycles. The number of benzene rings is 2. The summed E-state index contributed by atoms with van der Waals surface area (Å²) in [6, 6.07) is 19.2. The van der Waals surface area contributed by atoms with E-state index < -0.39 is 12.1 Å². The van der Waals surface area contributed by atoms with E-state index in [1.807, 2.05) is 31.2 Å². The minimum Gasteiger partial charge on any atom is -0.475 e. The Morgan fingerprint density at radius 3 is 2.26 bits per heavy atom. The molecular formula is C27H28N2O6. The molecule has 1 heterocycles. The van der Waals surface area contributed by atoms with Crippen molar-refractivity contribution < 1.29 is 28.6 Å². The van der Waals surface area contributed by atoms with Gasteiger partial charge in [-0.05, 0) is 46.7 Å². The van der Waals surface area contributed by atoms with E-state index in [0.717, 1.165) is 11.1 Å². The maximum absolute atomic E-state index is 12.3. The fraction of sp³-hybridized carbons (Fsp3) is 0.296. The fourth-order valence-corrected chi connectivity index (χ4v) is 4.33. The molecule has 0 fully saturated rings. The number of carboxylic acid groups (broad SMARTS) is 1. The smallest absolute Gasteiger partial charge is 0.407 e. The normalized spacial score (nSPS) is 12.9. The van der Waals surface area contributed by atoms with Crippen LogP contribution in [0.2, 0.25) is 0 Å². The standard InChI is InChI=1S/C27H28N2O6/c1-17(14-25(30)29-15-18-10-11-24(35-18)26(31)32)12-13-28-27(33)34-16-23-21-8-4-2-6-19(21)20-7-3-5-9-22(20)23/h2-11,17,23H,12-16H2,1H3,(H,28,33)(H,29,30)(H,31,32). The quantitative estimate of drug-likeness (QED) is 0.395. The highest BCUT2D eigenvalue weighted by atomic mass is 16.5. The molecule has 0 aliphatic heterocycles. The number of alkyl carbamates (subject to hydrolysis) is 1. The first kappa shape index (κ1) is 24.1. The first-order valence-electron chi connectivity index (χ1n) is 11.6. The van der Waals surface area contributed by atoms with Crippen molar-refractivity contribution in [2.45, 2.75) is 32.2 Å². The van der Waals surface area contributed by atoms with Gasteiger partial charge in [-0.1, -0.05) is 55.5 Å². The van der Waals surface area contributed by atoms with Gasteiger partial charge in [-0.2, -0.15) is 0 Å². The predicted molar refractivity (Wildman–Crippen MR) is 129 cm³/mol. The number of aromatic carboxylic acids is 1. The molecule has 1 atom stereocenters. The maximum Gasteiger partial charge on any atom is 0.407 e. The number of hydrogen-bond acceptors (Lipinski definition) is 5. The molecule has 1 aliphatic rings. The van der Waals surface area contributed by atoms with Crippen LogP contribution >= 0.6 is 0 Å². The number of ether oxygens (including phenoxy) is 1. The van der Waals surface area contributed by atoms with Crippen LogP contribution in [0.3, 0.4) is 0 Å². The van der Waals surface area contributed by atoms with Crippen LogP contribution < -0.4 is 10.6 Å². The molecule has 0 spiro atoms. The summed E-state index contributed by atoms with van der Waals surface area (Å²) in [5, 5.41) is 14.3. The van der Waals surface area contributed by atoms with Gasteiger partial charge >= 0.3 is 12.1 Å². The average Bonchev–Trinajstić information content (AvgIpc) is 3.45. The highest BCUT2D eigenvalue weighted by molar-refractivity contribution is 5.84. The van der Waals surface area contributed by atoms with Crippen LogP contribution in [0.15, 0.2) is 65.1 Å². The molecule has 0 radical (unpaired) electrons. The van der Waals surface area contributed by atoms with Crippen molar-refractivity contribution in [2.24, 2.45) is 5.92 Å². The Bertz CT molecular complexity index is 1170. The lowest BCUT2D eigenvalue weighted by molar-refractivity contribution is -0.122. The molecule has 8 heteroatoms. The van der Waals surface area contributed by atoms with Crippen molar-refractivity contribution in [3.63, 3.8) is 0 Å². The SMILES string of the molecule is CC(CCNC(=O)OCC1c2ccccc2-c2ccccc21)CC(=O)NCc1ccc(C(=O)O)o1. The van der Waals surface area contributed by atoms with Gasteiger partial charge in [0.05, 0.1) is 6.54 Å². The summed E-state index contributed by atoms with van der Waals surface area (Å²) in [7, 11) is 0. The zero-order chi connectivity index (χ0) is 24.8. The van der Waals surface area contributed by atoms with E-state index in [0.29, 0.717) is 18.7 Å². The van der Waals surface area contributed by atoms with Crippen molar-refractivity contribution in [3.8, 4) is 11.1 Å². The van der Waals surface area contributed by atoms with Gasteiger partial charge in [0.2, 0.25) is 11.7 Å². The molecule has 1 aromatic heterocycles. The number of rotatable bonds is 10. The van der Waals surface area contributed by atoms with E-state index in [9.17, 15) is 14.4 Å². The molecule has 1 unspecified atom stereocenters. The van der Waals surface area contributed by atoms with E-state index >= 15 is 0 Å². The third kappa shape index (κ3) is 5.90. The molecule has 8 nitrogen and oxygen atoms in total. The Morgan fingerprint density at radius 1 is 0.971 bits per heavy atom. The highest BCUT2D eigenvalue weighted by Gasteiger charge is 2.29. The van der Waals surface area contributed by atoms with Gasteiger partial charge < -0.3 is 24.9 Å².